The summed E-state index contributed by atoms with van der Waals surface area (Å²) in [6.45, 7) is 7.62. The van der Waals surface area contributed by atoms with E-state index in [1.807, 2.05) is 45.9 Å². The van der Waals surface area contributed by atoms with Gasteiger partial charge in [-0.15, -0.1) is 0 Å². The van der Waals surface area contributed by atoms with Crippen molar-refractivity contribution < 1.29 is 14.3 Å². The highest BCUT2D eigenvalue weighted by Crippen LogP contribution is 2.41. The zero-order chi connectivity index (χ0) is 16.0. The van der Waals surface area contributed by atoms with Gasteiger partial charge in [-0.1, -0.05) is 30.3 Å². The van der Waals surface area contributed by atoms with Crippen molar-refractivity contribution >= 4 is 16.7 Å². The maximum absolute atomic E-state index is 12.1. The SMILES string of the molecule is CC(C)(C)OC(=O)CC1(C)Cc2c(ccc3ccccc23)O1. The van der Waals surface area contributed by atoms with Gasteiger partial charge in [-0.25, -0.2) is 0 Å². The van der Waals surface area contributed by atoms with E-state index < -0.39 is 11.2 Å². The first-order valence-corrected chi connectivity index (χ1v) is 7.67. The Morgan fingerprint density at radius 1 is 1.23 bits per heavy atom. The third-order valence-electron chi connectivity index (χ3n) is 3.84. The minimum absolute atomic E-state index is 0.216. The Balaban J connectivity index is 1.84. The van der Waals surface area contributed by atoms with E-state index in [4.69, 9.17) is 9.47 Å². The molecule has 0 aliphatic carbocycles. The van der Waals surface area contributed by atoms with Crippen LogP contribution in [0.3, 0.4) is 0 Å². The normalized spacial score (nSPS) is 20.5. The van der Waals surface area contributed by atoms with Gasteiger partial charge >= 0.3 is 5.97 Å². The number of esters is 1. The third kappa shape index (κ3) is 2.94. The predicted molar refractivity (Wildman–Crippen MR) is 87.1 cm³/mol. The smallest absolute Gasteiger partial charge is 0.310 e. The average molecular weight is 298 g/mol. The Bertz CT molecular complexity index is 727. The summed E-state index contributed by atoms with van der Waals surface area (Å²) in [4.78, 5) is 12.1. The van der Waals surface area contributed by atoms with Gasteiger partial charge in [-0.05, 0) is 44.5 Å². The van der Waals surface area contributed by atoms with Gasteiger partial charge in [0.05, 0.1) is 6.42 Å². The van der Waals surface area contributed by atoms with Gasteiger partial charge < -0.3 is 9.47 Å². The van der Waals surface area contributed by atoms with E-state index in [-0.39, 0.29) is 12.4 Å². The number of benzene rings is 2. The number of hydrogen-bond donors (Lipinski definition) is 0. The molecule has 0 bridgehead atoms. The zero-order valence-electron chi connectivity index (χ0n) is 13.6. The van der Waals surface area contributed by atoms with Gasteiger partial charge in [0.2, 0.25) is 0 Å². The van der Waals surface area contributed by atoms with Crippen LogP contribution in [0.1, 0.15) is 39.7 Å². The van der Waals surface area contributed by atoms with Crippen molar-refractivity contribution in [3.8, 4) is 5.75 Å². The van der Waals surface area contributed by atoms with Crippen LogP contribution >= 0.6 is 0 Å². The fourth-order valence-corrected chi connectivity index (χ4v) is 3.05. The number of carbonyl (C=O) groups is 1. The van der Waals surface area contributed by atoms with Gasteiger partial charge in [-0.3, -0.25) is 4.79 Å². The number of hydrogen-bond acceptors (Lipinski definition) is 3. The van der Waals surface area contributed by atoms with Crippen molar-refractivity contribution in [2.45, 2.75) is 51.7 Å². The maximum atomic E-state index is 12.1. The summed E-state index contributed by atoms with van der Waals surface area (Å²) in [6, 6.07) is 12.3. The molecule has 3 rings (SSSR count). The molecule has 0 fully saturated rings. The topological polar surface area (TPSA) is 35.5 Å². The van der Waals surface area contributed by atoms with Crippen molar-refractivity contribution in [2.75, 3.05) is 0 Å². The molecule has 0 radical (unpaired) electrons. The summed E-state index contributed by atoms with van der Waals surface area (Å²) in [5, 5.41) is 2.40. The van der Waals surface area contributed by atoms with Crippen molar-refractivity contribution in [3.63, 3.8) is 0 Å². The second kappa shape index (κ2) is 5.01. The molecule has 1 aliphatic heterocycles. The number of carbonyl (C=O) groups excluding carboxylic acids is 1. The Labute approximate surface area is 131 Å². The van der Waals surface area contributed by atoms with Crippen molar-refractivity contribution in [1.29, 1.82) is 0 Å². The van der Waals surface area contributed by atoms with Gasteiger partial charge in [0.15, 0.2) is 0 Å². The molecule has 1 atom stereocenters. The minimum atomic E-state index is -0.533. The van der Waals surface area contributed by atoms with E-state index in [2.05, 4.69) is 18.2 Å². The third-order valence-corrected chi connectivity index (χ3v) is 3.84. The lowest BCUT2D eigenvalue weighted by Gasteiger charge is -2.26. The summed E-state index contributed by atoms with van der Waals surface area (Å²) in [5.74, 6) is 0.664. The highest BCUT2D eigenvalue weighted by atomic mass is 16.6. The lowest BCUT2D eigenvalue weighted by atomic mass is 9.93. The van der Waals surface area contributed by atoms with Crippen LogP contribution in [0.5, 0.6) is 5.75 Å². The van der Waals surface area contributed by atoms with E-state index in [1.165, 1.54) is 16.3 Å². The molecule has 0 amide bonds. The molecule has 1 unspecified atom stereocenters. The fourth-order valence-electron chi connectivity index (χ4n) is 3.05. The van der Waals surface area contributed by atoms with Crippen LogP contribution in [-0.2, 0) is 16.0 Å². The largest absolute Gasteiger partial charge is 0.486 e. The van der Waals surface area contributed by atoms with Gasteiger partial charge in [0.1, 0.15) is 17.0 Å². The van der Waals surface area contributed by atoms with Gasteiger partial charge in [0.25, 0.3) is 0 Å². The molecule has 0 saturated carbocycles. The van der Waals surface area contributed by atoms with Crippen LogP contribution in [0, 0.1) is 0 Å². The van der Waals surface area contributed by atoms with Crippen LogP contribution < -0.4 is 4.74 Å². The van der Waals surface area contributed by atoms with E-state index in [0.29, 0.717) is 0 Å². The fraction of sp³-hybridized carbons (Fsp3) is 0.421. The second-order valence-electron chi connectivity index (χ2n) is 7.26. The summed E-state index contributed by atoms with van der Waals surface area (Å²) in [5.41, 5.74) is 0.185. The molecule has 3 heteroatoms. The Hall–Kier alpha value is -2.03. The molecule has 0 saturated heterocycles. The predicted octanol–water partition coefficient (Wildman–Crippen LogP) is 4.27. The molecular formula is C19H22O3. The van der Waals surface area contributed by atoms with Crippen LogP contribution in [0.15, 0.2) is 36.4 Å². The highest BCUT2D eigenvalue weighted by molar-refractivity contribution is 5.88. The number of fused-ring (bicyclic) bond motifs is 3. The number of ether oxygens (including phenoxy) is 2. The zero-order valence-corrected chi connectivity index (χ0v) is 13.6. The summed E-state index contributed by atoms with van der Waals surface area (Å²) in [7, 11) is 0. The second-order valence-corrected chi connectivity index (χ2v) is 7.26. The molecule has 22 heavy (non-hydrogen) atoms. The molecule has 3 nitrogen and oxygen atoms in total. The standard InChI is InChI=1S/C19H22O3/c1-18(2,3)22-17(20)12-19(4)11-15-14-8-6-5-7-13(14)9-10-16(15)21-19/h5-10H,11-12H2,1-4H3. The summed E-state index contributed by atoms with van der Waals surface area (Å²) < 4.78 is 11.5. The van der Waals surface area contributed by atoms with E-state index in [9.17, 15) is 4.79 Å². The van der Waals surface area contributed by atoms with E-state index in [0.717, 1.165) is 12.2 Å². The van der Waals surface area contributed by atoms with Crippen LogP contribution in [0.4, 0.5) is 0 Å². The highest BCUT2D eigenvalue weighted by Gasteiger charge is 2.39. The van der Waals surface area contributed by atoms with Gasteiger partial charge in [-0.2, -0.15) is 0 Å². The van der Waals surface area contributed by atoms with Crippen molar-refractivity contribution in [3.05, 3.63) is 42.0 Å². The van der Waals surface area contributed by atoms with Crippen LogP contribution in [0.2, 0.25) is 0 Å². The molecule has 0 spiro atoms. The monoisotopic (exact) mass is 298 g/mol. The molecule has 0 N–H and O–H groups in total. The van der Waals surface area contributed by atoms with Crippen molar-refractivity contribution in [1.82, 2.24) is 0 Å². The minimum Gasteiger partial charge on any atom is -0.486 e. The summed E-state index contributed by atoms with van der Waals surface area (Å²) in [6.07, 6.45) is 0.982. The lowest BCUT2D eigenvalue weighted by Crippen LogP contribution is -2.36. The lowest BCUT2D eigenvalue weighted by molar-refractivity contribution is -0.158. The molecule has 2 aromatic rings. The Morgan fingerprint density at radius 2 is 1.95 bits per heavy atom. The molecule has 0 aromatic heterocycles. The van der Waals surface area contributed by atoms with Crippen LogP contribution in [0.25, 0.3) is 10.8 Å². The Kier molecular flexibility index (Phi) is 3.39. The molecule has 116 valence electrons. The molecule has 2 aromatic carbocycles. The number of rotatable bonds is 2. The van der Waals surface area contributed by atoms with E-state index >= 15 is 0 Å². The first-order chi connectivity index (χ1) is 10.3. The van der Waals surface area contributed by atoms with Gasteiger partial charge in [0, 0.05) is 12.0 Å². The van der Waals surface area contributed by atoms with Crippen molar-refractivity contribution in [2.24, 2.45) is 0 Å². The quantitative estimate of drug-likeness (QED) is 0.777. The van der Waals surface area contributed by atoms with Crippen LogP contribution in [-0.4, -0.2) is 17.2 Å². The van der Waals surface area contributed by atoms with E-state index in [1.54, 1.807) is 0 Å². The Morgan fingerprint density at radius 3 is 2.68 bits per heavy atom. The average Bonchev–Trinajstić information content (AvgIpc) is 2.72. The first kappa shape index (κ1) is 14.9. The maximum Gasteiger partial charge on any atom is 0.310 e. The summed E-state index contributed by atoms with van der Waals surface area (Å²) >= 11 is 0. The first-order valence-electron chi connectivity index (χ1n) is 7.67. The molecule has 1 heterocycles. The molecular weight excluding hydrogens is 276 g/mol. The molecule has 1 aliphatic rings.